The quantitative estimate of drug-likeness (QED) is 0.793. The third-order valence-electron chi connectivity index (χ3n) is 3.96. The molecule has 1 aliphatic heterocycles. The monoisotopic (exact) mass is 356 g/mol. The summed E-state index contributed by atoms with van der Waals surface area (Å²) >= 11 is 3.19. The number of piperidine rings is 1. The molecule has 0 aliphatic carbocycles. The fourth-order valence-corrected chi connectivity index (χ4v) is 3.51. The summed E-state index contributed by atoms with van der Waals surface area (Å²) in [5.41, 5.74) is 0.570. The van der Waals surface area contributed by atoms with Crippen molar-refractivity contribution in [3.8, 4) is 0 Å². The Labute approximate surface area is 135 Å². The molecule has 2 unspecified atom stereocenters. The molecule has 4 nitrogen and oxygen atoms in total. The van der Waals surface area contributed by atoms with Crippen LogP contribution in [0.5, 0.6) is 0 Å². The summed E-state index contributed by atoms with van der Waals surface area (Å²) in [4.78, 5) is 14.4. The van der Waals surface area contributed by atoms with Crippen molar-refractivity contribution in [3.63, 3.8) is 0 Å². The molecule has 5 heteroatoms. The smallest absolute Gasteiger partial charge is 0.254 e. The number of likely N-dealkylation sites (tertiary alicyclic amines) is 1. The lowest BCUT2D eigenvalue weighted by molar-refractivity contribution is 0.0951. The average Bonchev–Trinajstić information content (AvgIpc) is 2.84. The van der Waals surface area contributed by atoms with Gasteiger partial charge in [0.1, 0.15) is 6.26 Å². The summed E-state index contributed by atoms with van der Waals surface area (Å²) in [6, 6.07) is 1.69. The molecule has 2 heterocycles. The van der Waals surface area contributed by atoms with E-state index >= 15 is 0 Å². The summed E-state index contributed by atoms with van der Waals surface area (Å²) in [6.45, 7) is 8.99. The molecule has 21 heavy (non-hydrogen) atoms. The molecule has 0 saturated carbocycles. The fraction of sp³-hybridized carbons (Fsp3) is 0.688. The van der Waals surface area contributed by atoms with Gasteiger partial charge in [-0.1, -0.05) is 13.8 Å². The topological polar surface area (TPSA) is 45.5 Å². The minimum absolute atomic E-state index is 0.0651. The van der Waals surface area contributed by atoms with Gasteiger partial charge in [0, 0.05) is 25.7 Å². The predicted molar refractivity (Wildman–Crippen MR) is 87.4 cm³/mol. The summed E-state index contributed by atoms with van der Waals surface area (Å²) in [6.07, 6.45) is 4.97. The summed E-state index contributed by atoms with van der Waals surface area (Å²) in [7, 11) is 0. The second kappa shape index (κ2) is 7.99. The highest BCUT2D eigenvalue weighted by atomic mass is 79.9. The lowest BCUT2D eigenvalue weighted by atomic mass is 9.92. The van der Waals surface area contributed by atoms with Crippen molar-refractivity contribution < 1.29 is 9.21 Å². The van der Waals surface area contributed by atoms with E-state index in [0.29, 0.717) is 10.2 Å². The van der Waals surface area contributed by atoms with E-state index < -0.39 is 0 Å². The zero-order chi connectivity index (χ0) is 15.2. The molecule has 118 valence electrons. The Morgan fingerprint density at radius 1 is 1.38 bits per heavy atom. The van der Waals surface area contributed by atoms with E-state index in [1.807, 2.05) is 0 Å². The van der Waals surface area contributed by atoms with Crippen LogP contribution in [0.25, 0.3) is 0 Å². The van der Waals surface area contributed by atoms with Crippen molar-refractivity contribution in [1.29, 1.82) is 0 Å². The Bertz CT molecular complexity index is 451. The van der Waals surface area contributed by atoms with E-state index in [-0.39, 0.29) is 5.91 Å². The Morgan fingerprint density at radius 2 is 2.10 bits per heavy atom. The minimum atomic E-state index is -0.0651. The molecule has 1 aliphatic rings. The van der Waals surface area contributed by atoms with Gasteiger partial charge in [-0.05, 0) is 53.6 Å². The maximum absolute atomic E-state index is 11.8. The zero-order valence-corrected chi connectivity index (χ0v) is 14.5. The van der Waals surface area contributed by atoms with Gasteiger partial charge in [0.25, 0.3) is 5.91 Å². The van der Waals surface area contributed by atoms with Crippen LogP contribution in [0.1, 0.15) is 43.5 Å². The van der Waals surface area contributed by atoms with Crippen molar-refractivity contribution in [2.75, 3.05) is 26.2 Å². The molecule has 1 aromatic heterocycles. The molecule has 0 bridgehead atoms. The van der Waals surface area contributed by atoms with Crippen molar-refractivity contribution in [2.24, 2.45) is 11.8 Å². The van der Waals surface area contributed by atoms with Crippen LogP contribution in [0.15, 0.2) is 21.4 Å². The third-order valence-corrected chi connectivity index (χ3v) is 4.38. The first kappa shape index (κ1) is 16.6. The molecule has 1 N–H and O–H groups in total. The molecule has 2 atom stereocenters. The number of halogens is 1. The maximum atomic E-state index is 11.8. The van der Waals surface area contributed by atoms with Crippen LogP contribution in [0.3, 0.4) is 0 Å². The fourth-order valence-electron chi connectivity index (χ4n) is 3.17. The maximum Gasteiger partial charge on any atom is 0.254 e. The second-order valence-corrected chi connectivity index (χ2v) is 7.09. The molecule has 0 radical (unpaired) electrons. The van der Waals surface area contributed by atoms with Gasteiger partial charge in [-0.25, -0.2) is 0 Å². The number of furan rings is 1. The average molecular weight is 357 g/mol. The number of amides is 1. The highest BCUT2D eigenvalue weighted by Gasteiger charge is 2.20. The Kier molecular flexibility index (Phi) is 6.30. The van der Waals surface area contributed by atoms with Crippen LogP contribution in [0.4, 0.5) is 0 Å². The number of unbranched alkanes of at least 4 members (excludes halogenated alkanes) is 1. The van der Waals surface area contributed by atoms with Crippen LogP contribution in [-0.4, -0.2) is 37.0 Å². The number of carbonyl (C=O) groups excluding carboxylic acids is 1. The van der Waals surface area contributed by atoms with Gasteiger partial charge in [0.15, 0.2) is 4.67 Å². The van der Waals surface area contributed by atoms with Crippen molar-refractivity contribution in [3.05, 3.63) is 22.6 Å². The van der Waals surface area contributed by atoms with Gasteiger partial charge in [0.05, 0.1) is 5.56 Å². The SMILES string of the molecule is CC1CC(C)CN(CCCCNC(=O)c2coc(Br)c2)C1. The first-order chi connectivity index (χ1) is 10.0. The summed E-state index contributed by atoms with van der Waals surface area (Å²) in [5, 5.41) is 2.93. The zero-order valence-electron chi connectivity index (χ0n) is 12.9. The minimum Gasteiger partial charge on any atom is -0.457 e. The summed E-state index contributed by atoms with van der Waals surface area (Å²) < 4.78 is 5.65. The number of hydrogen-bond donors (Lipinski definition) is 1. The van der Waals surface area contributed by atoms with Gasteiger partial charge in [-0.3, -0.25) is 4.79 Å². The molecular formula is C16H25BrN2O2. The lowest BCUT2D eigenvalue weighted by Crippen LogP contribution is -2.39. The number of rotatable bonds is 6. The normalized spacial score (nSPS) is 23.2. The summed E-state index contributed by atoms with van der Waals surface area (Å²) in [5.74, 6) is 1.56. The molecule has 0 aromatic carbocycles. The molecule has 1 aromatic rings. The van der Waals surface area contributed by atoms with E-state index in [0.717, 1.165) is 37.8 Å². The van der Waals surface area contributed by atoms with Gasteiger partial charge < -0.3 is 14.6 Å². The molecule has 1 amide bonds. The number of nitrogens with one attached hydrogen (secondary N) is 1. The molecule has 1 fully saturated rings. The molecule has 0 spiro atoms. The number of carbonyl (C=O) groups is 1. The van der Waals surface area contributed by atoms with Crippen LogP contribution in [0, 0.1) is 11.8 Å². The highest BCUT2D eigenvalue weighted by molar-refractivity contribution is 9.10. The van der Waals surface area contributed by atoms with Crippen LogP contribution in [-0.2, 0) is 0 Å². The van der Waals surface area contributed by atoms with Crippen molar-refractivity contribution in [1.82, 2.24) is 10.2 Å². The Hall–Kier alpha value is -0.810. The van der Waals surface area contributed by atoms with E-state index in [9.17, 15) is 4.79 Å². The largest absolute Gasteiger partial charge is 0.457 e. The number of nitrogens with zero attached hydrogens (tertiary/aromatic N) is 1. The highest BCUT2D eigenvalue weighted by Crippen LogP contribution is 2.21. The van der Waals surface area contributed by atoms with Crippen LogP contribution >= 0.6 is 15.9 Å². The third kappa shape index (κ3) is 5.47. The Morgan fingerprint density at radius 3 is 2.71 bits per heavy atom. The molecular weight excluding hydrogens is 332 g/mol. The number of hydrogen-bond acceptors (Lipinski definition) is 3. The van der Waals surface area contributed by atoms with E-state index in [1.54, 1.807) is 6.07 Å². The van der Waals surface area contributed by atoms with E-state index in [2.05, 4.69) is 40.0 Å². The predicted octanol–water partition coefficient (Wildman–Crippen LogP) is 3.53. The van der Waals surface area contributed by atoms with Crippen LogP contribution < -0.4 is 5.32 Å². The van der Waals surface area contributed by atoms with Gasteiger partial charge in [-0.15, -0.1) is 0 Å². The first-order valence-corrected chi connectivity index (χ1v) is 8.58. The molecule has 2 rings (SSSR count). The van der Waals surface area contributed by atoms with Crippen LogP contribution in [0.2, 0.25) is 0 Å². The van der Waals surface area contributed by atoms with Crippen molar-refractivity contribution in [2.45, 2.75) is 33.1 Å². The van der Waals surface area contributed by atoms with Crippen molar-refractivity contribution >= 4 is 21.8 Å². The van der Waals surface area contributed by atoms with Gasteiger partial charge >= 0.3 is 0 Å². The Balaban J connectivity index is 1.58. The lowest BCUT2D eigenvalue weighted by Gasteiger charge is -2.34. The van der Waals surface area contributed by atoms with E-state index in [4.69, 9.17) is 4.42 Å². The molecule has 1 saturated heterocycles. The van der Waals surface area contributed by atoms with E-state index in [1.165, 1.54) is 25.8 Å². The van der Waals surface area contributed by atoms with Gasteiger partial charge in [0.2, 0.25) is 0 Å². The first-order valence-electron chi connectivity index (χ1n) is 7.79. The second-order valence-electron chi connectivity index (χ2n) is 6.31. The standard InChI is InChI=1S/C16H25BrN2O2/c1-12-7-13(2)10-19(9-12)6-4-3-5-18-16(20)14-8-15(17)21-11-14/h8,11-13H,3-7,9-10H2,1-2H3,(H,18,20). The van der Waals surface area contributed by atoms with Gasteiger partial charge in [-0.2, -0.15) is 0 Å².